The molecular formula is C20H20BBrF2N2O. The van der Waals surface area contributed by atoms with Crippen molar-refractivity contribution < 1.29 is 17.9 Å². The Bertz CT molecular complexity index is 1100. The Morgan fingerprint density at radius 2 is 1.81 bits per heavy atom. The van der Waals surface area contributed by atoms with Gasteiger partial charge in [0.25, 0.3) is 0 Å². The van der Waals surface area contributed by atoms with E-state index in [1.807, 2.05) is 44.2 Å². The third-order valence-corrected chi connectivity index (χ3v) is 5.86. The Morgan fingerprint density at radius 3 is 2.48 bits per heavy atom. The summed E-state index contributed by atoms with van der Waals surface area (Å²) in [6, 6.07) is 7.53. The average molecular weight is 433 g/mol. The Hall–Kier alpha value is -2.15. The summed E-state index contributed by atoms with van der Waals surface area (Å²) in [5.41, 5.74) is 5.48. The summed E-state index contributed by atoms with van der Waals surface area (Å²) in [4.78, 5) is 0. The van der Waals surface area contributed by atoms with Crippen LogP contribution in [-0.4, -0.2) is 28.8 Å². The highest BCUT2D eigenvalue weighted by Crippen LogP contribution is 2.46. The Kier molecular flexibility index (Phi) is 4.00. The summed E-state index contributed by atoms with van der Waals surface area (Å²) in [7, 11) is 1.60. The largest absolute Gasteiger partial charge is 0.737 e. The van der Waals surface area contributed by atoms with E-state index < -0.39 is 6.97 Å². The molecule has 0 atom stereocenters. The molecule has 0 saturated carbocycles. The molecule has 0 radical (unpaired) electrons. The summed E-state index contributed by atoms with van der Waals surface area (Å²) in [6.45, 7) is 3.28. The quantitative estimate of drug-likeness (QED) is 0.588. The van der Waals surface area contributed by atoms with Gasteiger partial charge in [-0.2, -0.15) is 0 Å². The third kappa shape index (κ3) is 2.40. The minimum atomic E-state index is -3.96. The van der Waals surface area contributed by atoms with Gasteiger partial charge in [0.1, 0.15) is 11.5 Å². The van der Waals surface area contributed by atoms with Crippen LogP contribution in [0.5, 0.6) is 5.75 Å². The number of halogens is 3. The SMILES string of the molecule is COc1cc(Br)ccc1C1=C2C(C)=CC(C)=[N+]2[B-](F)(F)n2c(C)cc(C)c21. The van der Waals surface area contributed by atoms with Crippen molar-refractivity contribution in [1.29, 1.82) is 0 Å². The van der Waals surface area contributed by atoms with E-state index in [9.17, 15) is 0 Å². The van der Waals surface area contributed by atoms with Crippen LogP contribution in [-0.2, 0) is 0 Å². The van der Waals surface area contributed by atoms with Crippen molar-refractivity contribution in [2.24, 2.45) is 0 Å². The van der Waals surface area contributed by atoms with E-state index >= 15 is 8.63 Å². The zero-order chi connectivity index (χ0) is 19.7. The van der Waals surface area contributed by atoms with Gasteiger partial charge in [-0.25, -0.2) is 0 Å². The number of hydrogen-bond donors (Lipinski definition) is 0. The van der Waals surface area contributed by atoms with E-state index in [0.717, 1.165) is 26.7 Å². The second-order valence-electron chi connectivity index (χ2n) is 7.18. The lowest BCUT2D eigenvalue weighted by Gasteiger charge is -2.34. The topological polar surface area (TPSA) is 17.2 Å². The van der Waals surface area contributed by atoms with Gasteiger partial charge in [0.2, 0.25) is 0 Å². The number of aryl methyl sites for hydroxylation is 2. The first-order chi connectivity index (χ1) is 12.7. The van der Waals surface area contributed by atoms with E-state index in [2.05, 4.69) is 15.9 Å². The van der Waals surface area contributed by atoms with Crippen molar-refractivity contribution in [3.05, 3.63) is 68.6 Å². The van der Waals surface area contributed by atoms with Gasteiger partial charge < -0.3 is 22.3 Å². The van der Waals surface area contributed by atoms with E-state index in [1.165, 1.54) is 8.96 Å². The lowest BCUT2D eigenvalue weighted by atomic mass is 9.83. The smallest absolute Gasteiger partial charge is 0.496 e. The summed E-state index contributed by atoms with van der Waals surface area (Å²) >= 11 is 3.46. The molecule has 0 N–H and O–H groups in total. The molecule has 0 spiro atoms. The van der Waals surface area contributed by atoms with E-state index in [4.69, 9.17) is 4.74 Å². The van der Waals surface area contributed by atoms with Crippen LogP contribution in [0, 0.1) is 13.8 Å². The fourth-order valence-corrected chi connectivity index (χ4v) is 4.77. The number of ether oxygens (including phenoxy) is 1. The molecule has 1 aromatic carbocycles. The van der Waals surface area contributed by atoms with Crippen LogP contribution in [0.2, 0.25) is 0 Å². The van der Waals surface area contributed by atoms with Crippen LogP contribution in [0.1, 0.15) is 36.4 Å². The maximum Gasteiger partial charge on any atom is 0.737 e. The molecule has 0 saturated heterocycles. The number of aromatic nitrogens is 1. The van der Waals surface area contributed by atoms with Crippen LogP contribution in [0.4, 0.5) is 8.63 Å². The molecular weight excluding hydrogens is 413 g/mol. The van der Waals surface area contributed by atoms with Crippen LogP contribution in [0.15, 0.2) is 46.1 Å². The van der Waals surface area contributed by atoms with Gasteiger partial charge in [-0.3, -0.25) is 0 Å². The predicted octanol–water partition coefficient (Wildman–Crippen LogP) is 5.31. The normalized spacial score (nSPS) is 17.9. The Morgan fingerprint density at radius 1 is 1.11 bits per heavy atom. The second-order valence-corrected chi connectivity index (χ2v) is 8.10. The molecule has 4 rings (SSSR count). The maximum atomic E-state index is 15.6. The molecule has 0 amide bonds. The van der Waals surface area contributed by atoms with Crippen molar-refractivity contribution in [1.82, 2.24) is 4.48 Å². The zero-order valence-corrected chi connectivity index (χ0v) is 17.5. The fourth-order valence-electron chi connectivity index (χ4n) is 4.43. The molecule has 0 unspecified atom stereocenters. The first kappa shape index (κ1) is 18.2. The molecule has 1 aromatic heterocycles. The highest BCUT2D eigenvalue weighted by molar-refractivity contribution is 9.10. The van der Waals surface area contributed by atoms with Gasteiger partial charge in [-0.15, -0.1) is 0 Å². The highest BCUT2D eigenvalue weighted by atomic mass is 79.9. The molecule has 0 fully saturated rings. The van der Waals surface area contributed by atoms with Crippen LogP contribution in [0.25, 0.3) is 5.57 Å². The van der Waals surface area contributed by atoms with Gasteiger partial charge in [-0.05, 0) is 56.3 Å². The molecule has 3 nitrogen and oxygen atoms in total. The lowest BCUT2D eigenvalue weighted by Crippen LogP contribution is -2.51. The first-order valence-electron chi connectivity index (χ1n) is 8.79. The predicted molar refractivity (Wildman–Crippen MR) is 109 cm³/mol. The van der Waals surface area contributed by atoms with E-state index in [1.54, 1.807) is 21.0 Å². The molecule has 0 bridgehead atoms. The summed E-state index contributed by atoms with van der Waals surface area (Å²) in [6.07, 6.45) is 1.83. The molecule has 0 aliphatic carbocycles. The van der Waals surface area contributed by atoms with Crippen molar-refractivity contribution in [3.8, 4) is 5.75 Å². The third-order valence-electron chi connectivity index (χ3n) is 5.37. The lowest BCUT2D eigenvalue weighted by molar-refractivity contribution is -0.363. The van der Waals surface area contributed by atoms with Crippen molar-refractivity contribution in [2.45, 2.75) is 27.7 Å². The van der Waals surface area contributed by atoms with Gasteiger partial charge in [0, 0.05) is 34.3 Å². The standard InChI is InChI=1S/C20H20BBrF2N2O/c1-11-8-13(3)25-19(11)18(16-7-6-15(22)10-17(16)27-5)20-12(2)9-14(4)26(20)21(25,23)24/h6-10H,1-5H3. The minimum Gasteiger partial charge on any atom is -0.496 e. The molecule has 2 aliphatic heterocycles. The van der Waals surface area contributed by atoms with Crippen LogP contribution >= 0.6 is 15.9 Å². The zero-order valence-electron chi connectivity index (χ0n) is 15.9. The number of fused-ring (bicyclic) bond motifs is 2. The fraction of sp³-hybridized carbons (Fsp3) is 0.250. The highest BCUT2D eigenvalue weighted by Gasteiger charge is 2.55. The number of nitrogens with zero attached hydrogens (tertiary/aromatic N) is 2. The van der Waals surface area contributed by atoms with Crippen LogP contribution in [0.3, 0.4) is 0 Å². The summed E-state index contributed by atoms with van der Waals surface area (Å²) in [5, 5.41) is 0. The number of methoxy groups -OCH3 is 1. The number of allylic oxidation sites excluding steroid dienone is 2. The average Bonchev–Trinajstić information content (AvgIpc) is 3.06. The Labute approximate surface area is 165 Å². The molecule has 2 aliphatic rings. The van der Waals surface area contributed by atoms with Gasteiger partial charge in [0.15, 0.2) is 5.70 Å². The van der Waals surface area contributed by atoms with Crippen molar-refractivity contribution in [3.63, 3.8) is 0 Å². The van der Waals surface area contributed by atoms with Crippen molar-refractivity contribution in [2.75, 3.05) is 7.11 Å². The second kappa shape index (κ2) is 5.93. The van der Waals surface area contributed by atoms with Gasteiger partial charge in [-0.1, -0.05) is 15.9 Å². The number of benzene rings is 1. The van der Waals surface area contributed by atoms with E-state index in [0.29, 0.717) is 28.5 Å². The minimum absolute atomic E-state index is 0.553. The monoisotopic (exact) mass is 432 g/mol. The molecule has 3 heterocycles. The summed E-state index contributed by atoms with van der Waals surface area (Å²) in [5.74, 6) is 0.645. The molecule has 27 heavy (non-hydrogen) atoms. The number of rotatable bonds is 2. The maximum absolute atomic E-state index is 15.6. The molecule has 7 heteroatoms. The Balaban J connectivity index is 2.19. The van der Waals surface area contributed by atoms with Crippen molar-refractivity contribution >= 4 is 34.2 Å². The first-order valence-corrected chi connectivity index (χ1v) is 9.58. The van der Waals surface area contributed by atoms with Crippen LogP contribution < -0.4 is 4.74 Å². The molecule has 140 valence electrons. The van der Waals surface area contributed by atoms with E-state index in [-0.39, 0.29) is 0 Å². The van der Waals surface area contributed by atoms with Gasteiger partial charge >= 0.3 is 6.97 Å². The summed E-state index contributed by atoms with van der Waals surface area (Å²) < 4.78 is 40.1. The molecule has 2 aromatic rings. The number of hydrogen-bond acceptors (Lipinski definition) is 1. The van der Waals surface area contributed by atoms with Gasteiger partial charge in [0.05, 0.1) is 12.7 Å².